The molecule has 0 atom stereocenters. The van der Waals surface area contributed by atoms with E-state index in [1.165, 1.54) is 12.1 Å². The summed E-state index contributed by atoms with van der Waals surface area (Å²) in [5.74, 6) is -0.113. The topological polar surface area (TPSA) is 79.4 Å². The van der Waals surface area contributed by atoms with Crippen molar-refractivity contribution >= 4 is 11.0 Å². The molecule has 1 heterocycles. The lowest BCUT2D eigenvalue weighted by atomic mass is 10.3. The van der Waals surface area contributed by atoms with E-state index in [-0.39, 0.29) is 22.5 Å². The van der Waals surface area contributed by atoms with Crippen molar-refractivity contribution in [1.82, 2.24) is 10.3 Å². The first-order valence-electron chi connectivity index (χ1n) is 2.92. The van der Waals surface area contributed by atoms with Crippen molar-refractivity contribution in [2.75, 3.05) is 0 Å². The van der Waals surface area contributed by atoms with E-state index in [4.69, 9.17) is 10.2 Å². The van der Waals surface area contributed by atoms with E-state index < -0.39 is 0 Å². The summed E-state index contributed by atoms with van der Waals surface area (Å²) < 4.78 is 4.31. The smallest absolute Gasteiger partial charge is 0.180 e. The number of aromatic nitrogens is 2. The lowest BCUT2D eigenvalue weighted by molar-refractivity contribution is 0.313. The molecule has 2 N–H and O–H groups in total. The van der Waals surface area contributed by atoms with Crippen LogP contribution in [0.15, 0.2) is 16.8 Å². The number of phenolic OH excluding ortho intramolecular Hbond substituents is 2. The summed E-state index contributed by atoms with van der Waals surface area (Å²) in [5.41, 5.74) is 0.343. The van der Waals surface area contributed by atoms with Gasteiger partial charge in [-0.25, -0.2) is 4.63 Å². The minimum atomic E-state index is -0.0564. The zero-order chi connectivity index (χ0) is 7.84. The van der Waals surface area contributed by atoms with Gasteiger partial charge >= 0.3 is 0 Å². The number of rotatable bonds is 0. The van der Waals surface area contributed by atoms with E-state index in [9.17, 15) is 0 Å². The average molecular weight is 152 g/mol. The van der Waals surface area contributed by atoms with Crippen molar-refractivity contribution in [3.05, 3.63) is 12.1 Å². The molecule has 0 aliphatic heterocycles. The molecule has 0 aliphatic carbocycles. The van der Waals surface area contributed by atoms with Crippen LogP contribution in [0.3, 0.4) is 0 Å². The average Bonchev–Trinajstić information content (AvgIpc) is 2.45. The molecular weight excluding hydrogens is 148 g/mol. The highest BCUT2D eigenvalue weighted by Gasteiger charge is 2.08. The molecule has 0 saturated heterocycles. The Morgan fingerprint density at radius 2 is 1.45 bits per heavy atom. The van der Waals surface area contributed by atoms with Crippen LogP contribution in [0.2, 0.25) is 0 Å². The third-order valence-corrected chi connectivity index (χ3v) is 1.37. The standard InChI is InChI=1S/C6H4N2O3/c9-3-1-2-4(10)6-5(3)7-11-8-6/h1-2,9-10H. The van der Waals surface area contributed by atoms with Crippen LogP contribution in [-0.4, -0.2) is 20.5 Å². The van der Waals surface area contributed by atoms with Crippen molar-refractivity contribution in [2.45, 2.75) is 0 Å². The fourth-order valence-electron chi connectivity index (χ4n) is 0.840. The van der Waals surface area contributed by atoms with E-state index >= 15 is 0 Å². The van der Waals surface area contributed by atoms with E-state index in [0.29, 0.717) is 0 Å². The summed E-state index contributed by atoms with van der Waals surface area (Å²) in [6, 6.07) is 2.64. The monoisotopic (exact) mass is 152 g/mol. The van der Waals surface area contributed by atoms with Crippen LogP contribution in [0.5, 0.6) is 11.5 Å². The van der Waals surface area contributed by atoms with Crippen LogP contribution < -0.4 is 0 Å². The molecule has 56 valence electrons. The Morgan fingerprint density at radius 3 is 1.91 bits per heavy atom. The van der Waals surface area contributed by atoms with Gasteiger partial charge in [0.2, 0.25) is 0 Å². The van der Waals surface area contributed by atoms with Crippen LogP contribution in [0.4, 0.5) is 0 Å². The van der Waals surface area contributed by atoms with Crippen LogP contribution in [0.1, 0.15) is 0 Å². The van der Waals surface area contributed by atoms with Gasteiger partial charge in [0.1, 0.15) is 11.5 Å². The van der Waals surface area contributed by atoms with Gasteiger partial charge in [-0.3, -0.25) is 0 Å². The number of phenols is 2. The third kappa shape index (κ3) is 0.706. The molecule has 0 amide bonds. The molecule has 1 aromatic heterocycles. The quantitative estimate of drug-likeness (QED) is 0.541. The highest BCUT2D eigenvalue weighted by molar-refractivity contribution is 5.84. The third-order valence-electron chi connectivity index (χ3n) is 1.37. The lowest BCUT2D eigenvalue weighted by Crippen LogP contribution is -1.72. The first-order valence-corrected chi connectivity index (χ1v) is 2.92. The van der Waals surface area contributed by atoms with Crippen molar-refractivity contribution < 1.29 is 14.8 Å². The number of hydrogen-bond acceptors (Lipinski definition) is 5. The van der Waals surface area contributed by atoms with Crippen molar-refractivity contribution in [3.8, 4) is 11.5 Å². The molecule has 2 rings (SSSR count). The van der Waals surface area contributed by atoms with E-state index in [1.807, 2.05) is 0 Å². The fourth-order valence-corrected chi connectivity index (χ4v) is 0.840. The molecule has 0 fully saturated rings. The molecule has 0 unspecified atom stereocenters. The second-order valence-corrected chi connectivity index (χ2v) is 2.07. The Labute approximate surface area is 60.8 Å². The predicted octanol–water partition coefficient (Wildman–Crippen LogP) is 0.634. The Balaban J connectivity index is 2.96. The van der Waals surface area contributed by atoms with Gasteiger partial charge in [0, 0.05) is 0 Å². The van der Waals surface area contributed by atoms with Gasteiger partial charge in [0.25, 0.3) is 0 Å². The first-order chi connectivity index (χ1) is 5.29. The van der Waals surface area contributed by atoms with Crippen molar-refractivity contribution in [1.29, 1.82) is 0 Å². The highest BCUT2D eigenvalue weighted by atomic mass is 16.6. The Kier molecular flexibility index (Phi) is 1.00. The summed E-state index contributed by atoms with van der Waals surface area (Å²) in [5, 5.41) is 25.0. The molecule has 11 heavy (non-hydrogen) atoms. The zero-order valence-electron chi connectivity index (χ0n) is 5.35. The molecule has 1 aromatic carbocycles. The van der Waals surface area contributed by atoms with Crippen molar-refractivity contribution in [2.24, 2.45) is 0 Å². The maximum Gasteiger partial charge on any atom is 0.180 e. The number of hydrogen-bond donors (Lipinski definition) is 2. The largest absolute Gasteiger partial charge is 0.505 e. The predicted molar refractivity (Wildman–Crippen MR) is 35.1 cm³/mol. The van der Waals surface area contributed by atoms with Gasteiger partial charge in [-0.1, -0.05) is 0 Å². The van der Waals surface area contributed by atoms with Gasteiger partial charge in [-0.05, 0) is 22.4 Å². The van der Waals surface area contributed by atoms with Crippen LogP contribution in [0, 0.1) is 0 Å². The minimum Gasteiger partial charge on any atom is -0.505 e. The number of fused-ring (bicyclic) bond motifs is 1. The Bertz CT molecular complexity index is 360. The second kappa shape index (κ2) is 1.85. The van der Waals surface area contributed by atoms with E-state index in [0.717, 1.165) is 0 Å². The summed E-state index contributed by atoms with van der Waals surface area (Å²) in [6.45, 7) is 0. The number of benzene rings is 1. The Morgan fingerprint density at radius 1 is 1.00 bits per heavy atom. The molecule has 0 saturated carbocycles. The molecule has 0 radical (unpaired) electrons. The van der Waals surface area contributed by atoms with Crippen molar-refractivity contribution in [3.63, 3.8) is 0 Å². The SMILES string of the molecule is Oc1ccc(O)c2nonc12. The summed E-state index contributed by atoms with van der Waals surface area (Å²) in [6.07, 6.45) is 0. The Hall–Kier alpha value is -1.78. The minimum absolute atomic E-state index is 0.0564. The summed E-state index contributed by atoms with van der Waals surface area (Å²) >= 11 is 0. The molecule has 2 aromatic rings. The molecule has 0 bridgehead atoms. The maximum absolute atomic E-state index is 9.11. The van der Waals surface area contributed by atoms with Gasteiger partial charge in [0.15, 0.2) is 11.0 Å². The summed E-state index contributed by atoms with van der Waals surface area (Å²) in [7, 11) is 0. The van der Waals surface area contributed by atoms with Gasteiger partial charge in [-0.2, -0.15) is 0 Å². The van der Waals surface area contributed by atoms with Gasteiger partial charge in [0.05, 0.1) is 0 Å². The molecule has 0 spiro atoms. The first kappa shape index (κ1) is 5.96. The normalized spacial score (nSPS) is 10.5. The number of aromatic hydroxyl groups is 2. The number of nitrogens with zero attached hydrogens (tertiary/aromatic N) is 2. The van der Waals surface area contributed by atoms with Crippen LogP contribution >= 0.6 is 0 Å². The summed E-state index contributed by atoms with van der Waals surface area (Å²) in [4.78, 5) is 0. The van der Waals surface area contributed by atoms with Crippen LogP contribution in [-0.2, 0) is 0 Å². The van der Waals surface area contributed by atoms with Crippen LogP contribution in [0.25, 0.3) is 11.0 Å². The highest BCUT2D eigenvalue weighted by Crippen LogP contribution is 2.27. The molecular formula is C6H4N2O3. The maximum atomic E-state index is 9.11. The fraction of sp³-hybridized carbons (Fsp3) is 0. The zero-order valence-corrected chi connectivity index (χ0v) is 5.35. The van der Waals surface area contributed by atoms with E-state index in [2.05, 4.69) is 14.9 Å². The van der Waals surface area contributed by atoms with Gasteiger partial charge < -0.3 is 10.2 Å². The molecule has 5 nitrogen and oxygen atoms in total. The van der Waals surface area contributed by atoms with E-state index in [1.54, 1.807) is 0 Å². The second-order valence-electron chi connectivity index (χ2n) is 2.07. The van der Waals surface area contributed by atoms with Gasteiger partial charge in [-0.15, -0.1) is 0 Å². The molecule has 5 heteroatoms. The lowest BCUT2D eigenvalue weighted by Gasteiger charge is -1.91. The molecule has 0 aliphatic rings.